The molecule has 0 spiro atoms. The van der Waals surface area contributed by atoms with Gasteiger partial charge in [-0.05, 0) is 48.5 Å². The SMILES string of the molecule is c1ccc2c(c1)oc1c(-n3c4ccccc4c4c5c6ccccc6n(-c6cccc7c6oc6ccccc67)c5ccc43)cccc12. The molecule has 4 aromatic heterocycles. The Bertz CT molecular complexity index is 2830. The van der Waals surface area contributed by atoms with Crippen LogP contribution in [0.2, 0.25) is 0 Å². The predicted molar refractivity (Wildman–Crippen MR) is 190 cm³/mol. The van der Waals surface area contributed by atoms with Gasteiger partial charge in [-0.15, -0.1) is 0 Å². The average molecular weight is 589 g/mol. The molecule has 0 aliphatic heterocycles. The number of fused-ring (bicyclic) bond motifs is 13. The highest BCUT2D eigenvalue weighted by Crippen LogP contribution is 2.45. The van der Waals surface area contributed by atoms with E-state index in [1.807, 2.05) is 24.3 Å². The quantitative estimate of drug-likeness (QED) is 0.201. The van der Waals surface area contributed by atoms with Crippen LogP contribution in [0.25, 0.3) is 98.9 Å². The van der Waals surface area contributed by atoms with Crippen LogP contribution in [0.4, 0.5) is 0 Å². The Labute approximate surface area is 261 Å². The average Bonchev–Trinajstić information content (AvgIpc) is 3.85. The molecule has 4 heteroatoms. The first-order valence-corrected chi connectivity index (χ1v) is 15.6. The number of hydrogen-bond donors (Lipinski definition) is 0. The summed E-state index contributed by atoms with van der Waals surface area (Å²) < 4.78 is 17.9. The summed E-state index contributed by atoms with van der Waals surface area (Å²) in [7, 11) is 0. The summed E-state index contributed by atoms with van der Waals surface area (Å²) in [4.78, 5) is 0. The highest BCUT2D eigenvalue weighted by Gasteiger charge is 2.23. The van der Waals surface area contributed by atoms with Crippen LogP contribution in [0.15, 0.2) is 154 Å². The van der Waals surface area contributed by atoms with Crippen molar-refractivity contribution in [1.29, 1.82) is 0 Å². The van der Waals surface area contributed by atoms with Crippen molar-refractivity contribution in [1.82, 2.24) is 9.13 Å². The number of hydrogen-bond acceptors (Lipinski definition) is 2. The molecule has 0 saturated heterocycles. The minimum Gasteiger partial charge on any atom is -0.454 e. The van der Waals surface area contributed by atoms with Gasteiger partial charge in [0.25, 0.3) is 0 Å². The van der Waals surface area contributed by atoms with Gasteiger partial charge in [-0.3, -0.25) is 0 Å². The van der Waals surface area contributed by atoms with E-state index < -0.39 is 0 Å². The number of furan rings is 2. The maximum absolute atomic E-state index is 6.56. The van der Waals surface area contributed by atoms with Crippen molar-refractivity contribution in [2.24, 2.45) is 0 Å². The van der Waals surface area contributed by atoms with E-state index >= 15 is 0 Å². The summed E-state index contributed by atoms with van der Waals surface area (Å²) in [6, 6.07) is 51.5. The number of aromatic nitrogens is 2. The fraction of sp³-hybridized carbons (Fsp3) is 0. The Morgan fingerprint density at radius 2 is 0.696 bits per heavy atom. The molecule has 0 radical (unpaired) electrons. The molecule has 0 amide bonds. The van der Waals surface area contributed by atoms with Gasteiger partial charge in [-0.2, -0.15) is 0 Å². The maximum atomic E-state index is 6.56. The van der Waals surface area contributed by atoms with Gasteiger partial charge in [0.2, 0.25) is 0 Å². The Kier molecular flexibility index (Phi) is 4.55. The Morgan fingerprint density at radius 3 is 1.17 bits per heavy atom. The summed E-state index contributed by atoms with van der Waals surface area (Å²) in [5.41, 5.74) is 10.2. The molecule has 46 heavy (non-hydrogen) atoms. The highest BCUT2D eigenvalue weighted by atomic mass is 16.3. The van der Waals surface area contributed by atoms with E-state index in [-0.39, 0.29) is 0 Å². The van der Waals surface area contributed by atoms with Crippen LogP contribution in [0.1, 0.15) is 0 Å². The molecule has 0 saturated carbocycles. The monoisotopic (exact) mass is 588 g/mol. The molecular weight excluding hydrogens is 564 g/mol. The summed E-state index contributed by atoms with van der Waals surface area (Å²) in [5.74, 6) is 0. The molecule has 0 unspecified atom stereocenters. The van der Waals surface area contributed by atoms with Gasteiger partial charge in [0.15, 0.2) is 11.2 Å². The Hall–Kier alpha value is -6.26. The lowest BCUT2D eigenvalue weighted by Gasteiger charge is -2.10. The van der Waals surface area contributed by atoms with Crippen molar-refractivity contribution in [3.8, 4) is 11.4 Å². The third kappa shape index (κ3) is 2.98. The van der Waals surface area contributed by atoms with Crippen LogP contribution >= 0.6 is 0 Å². The summed E-state index contributed by atoms with van der Waals surface area (Å²) in [6.45, 7) is 0. The molecule has 11 rings (SSSR count). The molecule has 4 heterocycles. The molecule has 0 aliphatic carbocycles. The molecule has 214 valence electrons. The largest absolute Gasteiger partial charge is 0.454 e. The first kappa shape index (κ1) is 24.1. The first-order chi connectivity index (χ1) is 22.8. The van der Waals surface area contributed by atoms with Crippen molar-refractivity contribution < 1.29 is 8.83 Å². The van der Waals surface area contributed by atoms with E-state index in [0.717, 1.165) is 77.3 Å². The predicted octanol–water partition coefficient (Wildman–Crippen LogP) is 11.7. The molecule has 7 aromatic carbocycles. The third-order valence-electron chi connectivity index (χ3n) is 9.72. The molecule has 0 bridgehead atoms. The van der Waals surface area contributed by atoms with E-state index in [1.165, 1.54) is 21.5 Å². The maximum Gasteiger partial charge on any atom is 0.159 e. The second kappa shape index (κ2) is 8.68. The van der Waals surface area contributed by atoms with E-state index in [0.29, 0.717) is 0 Å². The zero-order chi connectivity index (χ0) is 29.9. The fourth-order valence-corrected chi connectivity index (χ4v) is 7.85. The number of nitrogens with zero attached hydrogens (tertiary/aromatic N) is 2. The zero-order valence-electron chi connectivity index (χ0n) is 24.6. The van der Waals surface area contributed by atoms with Crippen LogP contribution in [0, 0.1) is 0 Å². The van der Waals surface area contributed by atoms with Crippen LogP contribution in [0.5, 0.6) is 0 Å². The standard InChI is InChI=1S/C42H24N2O2/c1-5-17-31-29(13-1)39-33(43(31)35-19-9-15-27-25-11-3-7-21-37(25)45-41(27)35)23-24-34-40(39)30-14-2-6-18-32(30)44(34)36-20-10-16-28-26-12-4-8-22-38(26)46-42(28)36/h1-24H. The first-order valence-electron chi connectivity index (χ1n) is 15.6. The molecular formula is C42H24N2O2. The van der Waals surface area contributed by atoms with Crippen LogP contribution in [-0.2, 0) is 0 Å². The van der Waals surface area contributed by atoms with Crippen LogP contribution < -0.4 is 0 Å². The van der Waals surface area contributed by atoms with Crippen molar-refractivity contribution in [3.63, 3.8) is 0 Å². The smallest absolute Gasteiger partial charge is 0.159 e. The Morgan fingerprint density at radius 1 is 0.304 bits per heavy atom. The van der Waals surface area contributed by atoms with E-state index in [4.69, 9.17) is 8.83 Å². The lowest BCUT2D eigenvalue weighted by atomic mass is 10.1. The lowest BCUT2D eigenvalue weighted by Crippen LogP contribution is -1.95. The summed E-state index contributed by atoms with van der Waals surface area (Å²) in [6.07, 6.45) is 0. The van der Waals surface area contributed by atoms with Gasteiger partial charge >= 0.3 is 0 Å². The van der Waals surface area contributed by atoms with Gasteiger partial charge < -0.3 is 18.0 Å². The van der Waals surface area contributed by atoms with Gasteiger partial charge in [0.1, 0.15) is 11.2 Å². The van der Waals surface area contributed by atoms with E-state index in [9.17, 15) is 0 Å². The molecule has 0 fully saturated rings. The zero-order valence-corrected chi connectivity index (χ0v) is 24.6. The van der Waals surface area contributed by atoms with E-state index in [2.05, 4.69) is 130 Å². The van der Waals surface area contributed by atoms with Crippen molar-refractivity contribution >= 4 is 87.5 Å². The number of benzene rings is 7. The van der Waals surface area contributed by atoms with Gasteiger partial charge in [0, 0.05) is 43.1 Å². The Balaban J connectivity index is 1.30. The fourth-order valence-electron chi connectivity index (χ4n) is 7.85. The number of rotatable bonds is 2. The molecule has 0 atom stereocenters. The second-order valence-electron chi connectivity index (χ2n) is 12.1. The molecule has 11 aromatic rings. The van der Waals surface area contributed by atoms with Crippen LogP contribution in [-0.4, -0.2) is 9.13 Å². The summed E-state index contributed by atoms with van der Waals surface area (Å²) in [5, 5.41) is 9.38. The molecule has 0 aliphatic rings. The second-order valence-corrected chi connectivity index (χ2v) is 12.1. The van der Waals surface area contributed by atoms with Crippen molar-refractivity contribution in [2.75, 3.05) is 0 Å². The van der Waals surface area contributed by atoms with Crippen LogP contribution in [0.3, 0.4) is 0 Å². The topological polar surface area (TPSA) is 36.1 Å². The number of para-hydroxylation sites is 6. The van der Waals surface area contributed by atoms with Crippen molar-refractivity contribution in [2.45, 2.75) is 0 Å². The molecule has 4 nitrogen and oxygen atoms in total. The third-order valence-corrected chi connectivity index (χ3v) is 9.72. The normalized spacial score (nSPS) is 12.3. The van der Waals surface area contributed by atoms with Gasteiger partial charge in [-0.25, -0.2) is 0 Å². The van der Waals surface area contributed by atoms with Gasteiger partial charge in [0.05, 0.1) is 33.4 Å². The highest BCUT2D eigenvalue weighted by molar-refractivity contribution is 6.29. The summed E-state index contributed by atoms with van der Waals surface area (Å²) >= 11 is 0. The van der Waals surface area contributed by atoms with E-state index in [1.54, 1.807) is 0 Å². The minimum atomic E-state index is 0.894. The molecule has 0 N–H and O–H groups in total. The van der Waals surface area contributed by atoms with Gasteiger partial charge in [-0.1, -0.05) is 97.1 Å². The minimum absolute atomic E-state index is 0.894. The lowest BCUT2D eigenvalue weighted by molar-refractivity contribution is 0.666. The van der Waals surface area contributed by atoms with Crippen molar-refractivity contribution in [3.05, 3.63) is 146 Å².